The van der Waals surface area contributed by atoms with E-state index in [2.05, 4.69) is 21.4 Å². The zero-order valence-corrected chi connectivity index (χ0v) is 14.5. The normalized spacial score (nSPS) is 12.2. The van der Waals surface area contributed by atoms with Crippen LogP contribution in [0.3, 0.4) is 0 Å². The van der Waals surface area contributed by atoms with Gasteiger partial charge in [-0.05, 0) is 53.9 Å². The first-order valence-corrected chi connectivity index (χ1v) is 7.83. The van der Waals surface area contributed by atoms with Crippen LogP contribution in [-0.4, -0.2) is 7.11 Å². The van der Waals surface area contributed by atoms with E-state index in [1.54, 1.807) is 13.2 Å². The van der Waals surface area contributed by atoms with E-state index in [0.29, 0.717) is 16.5 Å². The van der Waals surface area contributed by atoms with E-state index in [0.717, 1.165) is 21.3 Å². The largest absolute Gasteiger partial charge is 0.496 e. The van der Waals surface area contributed by atoms with Crippen molar-refractivity contribution in [2.75, 3.05) is 7.11 Å². The van der Waals surface area contributed by atoms with Crippen LogP contribution in [0.1, 0.15) is 17.2 Å². The molecule has 3 nitrogen and oxygen atoms in total. The van der Waals surface area contributed by atoms with Crippen molar-refractivity contribution < 1.29 is 4.74 Å². The summed E-state index contributed by atoms with van der Waals surface area (Å²) in [4.78, 5) is 0. The van der Waals surface area contributed by atoms with Crippen LogP contribution in [0, 0.1) is 0 Å². The number of halogens is 3. The molecule has 2 rings (SSSR count). The van der Waals surface area contributed by atoms with Gasteiger partial charge in [-0.25, -0.2) is 0 Å². The molecule has 0 aliphatic carbocycles. The second-order valence-corrected chi connectivity index (χ2v) is 6.27. The molecule has 1 atom stereocenters. The third-order valence-electron chi connectivity index (χ3n) is 3.20. The fourth-order valence-electron chi connectivity index (χ4n) is 2.17. The Labute approximate surface area is 142 Å². The molecule has 0 radical (unpaired) electrons. The van der Waals surface area contributed by atoms with Gasteiger partial charge in [0.2, 0.25) is 0 Å². The summed E-state index contributed by atoms with van der Waals surface area (Å²) in [6, 6.07) is 11.0. The predicted octanol–water partition coefficient (Wildman–Crippen LogP) is 4.51. The molecule has 0 saturated heterocycles. The number of hydrogen-bond donors (Lipinski definition) is 2. The lowest BCUT2D eigenvalue weighted by Crippen LogP contribution is -2.30. The Morgan fingerprint density at radius 2 is 1.86 bits per heavy atom. The lowest BCUT2D eigenvalue weighted by Gasteiger charge is -2.20. The lowest BCUT2D eigenvalue weighted by atomic mass is 9.99. The molecular formula is C15H15BrCl2N2O. The molecule has 0 amide bonds. The Morgan fingerprint density at radius 1 is 1.19 bits per heavy atom. The highest BCUT2D eigenvalue weighted by atomic mass is 79.9. The van der Waals surface area contributed by atoms with Crippen molar-refractivity contribution >= 4 is 39.1 Å². The maximum atomic E-state index is 6.07. The summed E-state index contributed by atoms with van der Waals surface area (Å²) in [6.45, 7) is 0. The number of hydrogen-bond acceptors (Lipinski definition) is 3. The summed E-state index contributed by atoms with van der Waals surface area (Å²) >= 11 is 15.7. The second-order valence-electron chi connectivity index (χ2n) is 4.55. The molecule has 6 heteroatoms. The van der Waals surface area contributed by atoms with E-state index >= 15 is 0 Å². The van der Waals surface area contributed by atoms with Crippen LogP contribution in [0.15, 0.2) is 40.9 Å². The third kappa shape index (κ3) is 4.11. The molecule has 0 aliphatic rings. The topological polar surface area (TPSA) is 47.3 Å². The maximum Gasteiger partial charge on any atom is 0.122 e. The molecule has 0 spiro atoms. The van der Waals surface area contributed by atoms with Gasteiger partial charge >= 0.3 is 0 Å². The first kappa shape index (κ1) is 16.6. The Morgan fingerprint density at radius 3 is 2.52 bits per heavy atom. The third-order valence-corrected chi connectivity index (χ3v) is 4.39. The fourth-order valence-corrected chi connectivity index (χ4v) is 3.07. The minimum absolute atomic E-state index is 0.120. The molecule has 21 heavy (non-hydrogen) atoms. The number of nitrogens with one attached hydrogen (secondary N) is 1. The standard InChI is InChI=1S/C15H15BrCl2N2O/c1-21-15-5-3-10(17)6-9(15)7-14(20-19)12-8-11(18)2-4-13(12)16/h2-6,8,14,20H,7,19H2,1H3. The van der Waals surface area contributed by atoms with Gasteiger partial charge in [-0.2, -0.15) is 0 Å². The first-order valence-electron chi connectivity index (χ1n) is 6.28. The minimum Gasteiger partial charge on any atom is -0.496 e. The van der Waals surface area contributed by atoms with Gasteiger partial charge in [0.15, 0.2) is 0 Å². The number of hydrazine groups is 1. The van der Waals surface area contributed by atoms with Crippen molar-refractivity contribution in [3.63, 3.8) is 0 Å². The van der Waals surface area contributed by atoms with E-state index in [1.165, 1.54) is 0 Å². The summed E-state index contributed by atoms with van der Waals surface area (Å²) < 4.78 is 6.31. The molecule has 0 heterocycles. The number of rotatable bonds is 5. The minimum atomic E-state index is -0.120. The molecule has 0 aliphatic heterocycles. The molecular weight excluding hydrogens is 375 g/mol. The molecule has 3 N–H and O–H groups in total. The number of benzene rings is 2. The molecule has 0 fully saturated rings. The number of ether oxygens (including phenoxy) is 1. The molecule has 0 aromatic heterocycles. The highest BCUT2D eigenvalue weighted by Gasteiger charge is 2.17. The van der Waals surface area contributed by atoms with Gasteiger partial charge in [-0.1, -0.05) is 39.1 Å². The molecule has 0 bridgehead atoms. The van der Waals surface area contributed by atoms with Crippen molar-refractivity contribution in [1.82, 2.24) is 5.43 Å². The molecule has 2 aromatic carbocycles. The van der Waals surface area contributed by atoms with Crippen molar-refractivity contribution in [3.8, 4) is 5.75 Å². The van der Waals surface area contributed by atoms with Crippen LogP contribution in [0.25, 0.3) is 0 Å². The summed E-state index contributed by atoms with van der Waals surface area (Å²) in [5.41, 5.74) is 4.77. The van der Waals surface area contributed by atoms with Crippen molar-refractivity contribution in [2.24, 2.45) is 5.84 Å². The van der Waals surface area contributed by atoms with Crippen LogP contribution in [-0.2, 0) is 6.42 Å². The Bertz CT molecular complexity index is 637. The number of methoxy groups -OCH3 is 1. The van der Waals surface area contributed by atoms with E-state index in [4.69, 9.17) is 33.8 Å². The molecule has 0 saturated carbocycles. The second kappa shape index (κ2) is 7.47. The quantitative estimate of drug-likeness (QED) is 0.584. The van der Waals surface area contributed by atoms with Gasteiger partial charge in [0.05, 0.1) is 13.2 Å². The van der Waals surface area contributed by atoms with E-state index in [1.807, 2.05) is 30.3 Å². The van der Waals surface area contributed by atoms with Crippen LogP contribution in [0.4, 0.5) is 0 Å². The van der Waals surface area contributed by atoms with Gasteiger partial charge in [-0.3, -0.25) is 11.3 Å². The number of nitrogens with two attached hydrogens (primary N) is 1. The monoisotopic (exact) mass is 388 g/mol. The van der Waals surface area contributed by atoms with E-state index in [9.17, 15) is 0 Å². The zero-order valence-electron chi connectivity index (χ0n) is 11.4. The van der Waals surface area contributed by atoms with Crippen LogP contribution < -0.4 is 16.0 Å². The molecule has 2 aromatic rings. The highest BCUT2D eigenvalue weighted by Crippen LogP contribution is 2.31. The van der Waals surface area contributed by atoms with Crippen molar-refractivity contribution in [2.45, 2.75) is 12.5 Å². The Kier molecular flexibility index (Phi) is 5.90. The van der Waals surface area contributed by atoms with Crippen LogP contribution >= 0.6 is 39.1 Å². The smallest absolute Gasteiger partial charge is 0.122 e. The van der Waals surface area contributed by atoms with E-state index in [-0.39, 0.29) is 6.04 Å². The first-order chi connectivity index (χ1) is 10.0. The van der Waals surface area contributed by atoms with E-state index < -0.39 is 0 Å². The van der Waals surface area contributed by atoms with Gasteiger partial charge in [0.1, 0.15) is 5.75 Å². The van der Waals surface area contributed by atoms with Gasteiger partial charge < -0.3 is 4.74 Å². The van der Waals surface area contributed by atoms with Gasteiger partial charge in [-0.15, -0.1) is 0 Å². The van der Waals surface area contributed by atoms with Crippen molar-refractivity contribution in [3.05, 3.63) is 62.0 Å². The average molecular weight is 390 g/mol. The fraction of sp³-hybridized carbons (Fsp3) is 0.200. The Balaban J connectivity index is 2.35. The maximum absolute atomic E-state index is 6.07. The molecule has 1 unspecified atom stereocenters. The van der Waals surface area contributed by atoms with Gasteiger partial charge in [0.25, 0.3) is 0 Å². The predicted molar refractivity (Wildman–Crippen MR) is 90.9 cm³/mol. The lowest BCUT2D eigenvalue weighted by molar-refractivity contribution is 0.405. The summed E-state index contributed by atoms with van der Waals surface area (Å²) in [6.07, 6.45) is 0.624. The highest BCUT2D eigenvalue weighted by molar-refractivity contribution is 9.10. The summed E-state index contributed by atoms with van der Waals surface area (Å²) in [5.74, 6) is 6.49. The zero-order chi connectivity index (χ0) is 15.4. The SMILES string of the molecule is COc1ccc(Cl)cc1CC(NN)c1cc(Cl)ccc1Br. The van der Waals surface area contributed by atoms with Crippen LogP contribution in [0.2, 0.25) is 10.0 Å². The summed E-state index contributed by atoms with van der Waals surface area (Å²) in [7, 11) is 1.63. The molecule has 112 valence electrons. The average Bonchev–Trinajstić information content (AvgIpc) is 2.47. The van der Waals surface area contributed by atoms with Crippen LogP contribution in [0.5, 0.6) is 5.75 Å². The Hall–Kier alpha value is -0.780. The van der Waals surface area contributed by atoms with Crippen molar-refractivity contribution in [1.29, 1.82) is 0 Å². The summed E-state index contributed by atoms with van der Waals surface area (Å²) in [5, 5.41) is 1.32. The van der Waals surface area contributed by atoms with Gasteiger partial charge in [0, 0.05) is 14.5 Å².